The zero-order chi connectivity index (χ0) is 23.2. The maximum Gasteiger partial charge on any atom is 0.229 e. The summed E-state index contributed by atoms with van der Waals surface area (Å²) < 4.78 is 39.4. The van der Waals surface area contributed by atoms with E-state index < -0.39 is 10.0 Å². The molecular formula is C25H27FN4O2S. The zero-order valence-electron chi connectivity index (χ0n) is 18.7. The number of hydrogen-bond donors (Lipinski definition) is 2. The second-order valence-corrected chi connectivity index (χ2v) is 10.9. The molecule has 1 fully saturated rings. The molecule has 1 saturated carbocycles. The SMILES string of the molecule is C[C@@H](c1nc2ccc(NS(C)(=O)=O)cc2[nH]1)C1CCC(c2ccnc3ccc(F)cc23)CC1. The standard InChI is InChI=1S/C25H27FN4O2S/c1-15(25-28-23-10-8-19(14-24(23)29-25)30-33(2,31)32)16-3-5-17(6-4-16)20-11-12-27-22-9-7-18(26)13-21(20)22/h7-17,30H,3-6H2,1-2H3,(H,28,29)/t15-,16?,17?/m1/s1. The average Bonchev–Trinajstić information content (AvgIpc) is 3.20. The quantitative estimate of drug-likeness (QED) is 0.395. The van der Waals surface area contributed by atoms with Gasteiger partial charge >= 0.3 is 0 Å². The summed E-state index contributed by atoms with van der Waals surface area (Å²) >= 11 is 0. The molecule has 6 nitrogen and oxygen atoms in total. The van der Waals surface area contributed by atoms with Gasteiger partial charge in [-0.15, -0.1) is 0 Å². The summed E-state index contributed by atoms with van der Waals surface area (Å²) in [4.78, 5) is 12.6. The Morgan fingerprint density at radius 3 is 2.58 bits per heavy atom. The van der Waals surface area contributed by atoms with E-state index in [2.05, 4.69) is 21.6 Å². The summed E-state index contributed by atoms with van der Waals surface area (Å²) in [7, 11) is -3.33. The van der Waals surface area contributed by atoms with Crippen molar-refractivity contribution in [2.75, 3.05) is 11.0 Å². The highest BCUT2D eigenvalue weighted by Crippen LogP contribution is 2.43. The molecule has 2 aromatic heterocycles. The fourth-order valence-electron chi connectivity index (χ4n) is 5.17. The highest BCUT2D eigenvalue weighted by Gasteiger charge is 2.29. The van der Waals surface area contributed by atoms with Gasteiger partial charge in [0.25, 0.3) is 0 Å². The highest BCUT2D eigenvalue weighted by atomic mass is 32.2. The molecule has 0 bridgehead atoms. The third kappa shape index (κ3) is 4.57. The molecule has 5 rings (SSSR count). The first kappa shape index (κ1) is 21.8. The molecule has 0 amide bonds. The van der Waals surface area contributed by atoms with Gasteiger partial charge in [0.05, 0.1) is 28.5 Å². The molecule has 0 aliphatic heterocycles. The number of benzene rings is 2. The Morgan fingerprint density at radius 1 is 1.06 bits per heavy atom. The molecular weight excluding hydrogens is 439 g/mol. The summed E-state index contributed by atoms with van der Waals surface area (Å²) in [5, 5.41) is 0.921. The van der Waals surface area contributed by atoms with E-state index in [4.69, 9.17) is 4.98 Å². The van der Waals surface area contributed by atoms with Gasteiger partial charge < -0.3 is 4.98 Å². The van der Waals surface area contributed by atoms with E-state index in [1.807, 2.05) is 18.3 Å². The van der Waals surface area contributed by atoms with Crippen molar-refractivity contribution in [2.24, 2.45) is 5.92 Å². The first-order chi connectivity index (χ1) is 15.8. The predicted molar refractivity (Wildman–Crippen MR) is 129 cm³/mol. The molecule has 2 aromatic carbocycles. The van der Waals surface area contributed by atoms with Crippen molar-refractivity contribution in [3.63, 3.8) is 0 Å². The van der Waals surface area contributed by atoms with Crippen molar-refractivity contribution in [2.45, 2.75) is 44.4 Å². The summed E-state index contributed by atoms with van der Waals surface area (Å²) in [6.45, 7) is 2.20. The third-order valence-corrected chi connectivity index (χ3v) is 7.50. The number of fused-ring (bicyclic) bond motifs is 2. The summed E-state index contributed by atoms with van der Waals surface area (Å²) in [5.41, 5.74) is 4.21. The highest BCUT2D eigenvalue weighted by molar-refractivity contribution is 7.92. The lowest BCUT2D eigenvalue weighted by Gasteiger charge is -2.32. The third-order valence-electron chi connectivity index (χ3n) is 6.89. The number of imidazole rings is 1. The number of rotatable bonds is 5. The van der Waals surface area contributed by atoms with Gasteiger partial charge in [0.1, 0.15) is 11.6 Å². The average molecular weight is 467 g/mol. The zero-order valence-corrected chi connectivity index (χ0v) is 19.5. The van der Waals surface area contributed by atoms with Crippen LogP contribution in [0.5, 0.6) is 0 Å². The van der Waals surface area contributed by atoms with Crippen molar-refractivity contribution in [3.05, 3.63) is 65.9 Å². The van der Waals surface area contributed by atoms with Crippen molar-refractivity contribution in [1.82, 2.24) is 15.0 Å². The van der Waals surface area contributed by atoms with Gasteiger partial charge in [0.2, 0.25) is 10.0 Å². The molecule has 1 atom stereocenters. The van der Waals surface area contributed by atoms with Crippen molar-refractivity contribution >= 4 is 37.6 Å². The normalized spacial score (nSPS) is 20.2. The summed E-state index contributed by atoms with van der Waals surface area (Å²) in [5.74, 6) is 1.87. The number of H-pyrrole nitrogens is 1. The molecule has 1 aliphatic rings. The molecule has 33 heavy (non-hydrogen) atoms. The monoisotopic (exact) mass is 466 g/mol. The van der Waals surface area contributed by atoms with E-state index in [9.17, 15) is 12.8 Å². The van der Waals surface area contributed by atoms with E-state index in [0.29, 0.717) is 17.5 Å². The molecule has 0 saturated heterocycles. The van der Waals surface area contributed by atoms with Crippen LogP contribution in [0, 0.1) is 11.7 Å². The van der Waals surface area contributed by atoms with Gasteiger partial charge in [-0.25, -0.2) is 17.8 Å². The second kappa shape index (κ2) is 8.41. The number of halogens is 1. The number of nitrogens with zero attached hydrogens (tertiary/aromatic N) is 2. The van der Waals surface area contributed by atoms with Crippen LogP contribution in [-0.4, -0.2) is 29.6 Å². The van der Waals surface area contributed by atoms with Gasteiger partial charge in [-0.05, 0) is 85.5 Å². The van der Waals surface area contributed by atoms with E-state index in [1.165, 1.54) is 11.6 Å². The molecule has 2 N–H and O–H groups in total. The molecule has 8 heteroatoms. The number of anilines is 1. The van der Waals surface area contributed by atoms with Gasteiger partial charge in [0.15, 0.2) is 0 Å². The molecule has 0 unspecified atom stereocenters. The predicted octanol–water partition coefficient (Wildman–Crippen LogP) is 5.70. The number of aromatic amines is 1. The Balaban J connectivity index is 1.31. The van der Waals surface area contributed by atoms with Crippen LogP contribution in [-0.2, 0) is 10.0 Å². The van der Waals surface area contributed by atoms with Gasteiger partial charge in [-0.2, -0.15) is 0 Å². The molecule has 172 valence electrons. The topological polar surface area (TPSA) is 87.7 Å². The van der Waals surface area contributed by atoms with Crippen LogP contribution in [0.3, 0.4) is 0 Å². The van der Waals surface area contributed by atoms with E-state index in [1.54, 1.807) is 24.3 Å². The van der Waals surface area contributed by atoms with Crippen molar-refractivity contribution in [3.8, 4) is 0 Å². The second-order valence-electron chi connectivity index (χ2n) is 9.19. The van der Waals surface area contributed by atoms with Gasteiger partial charge in [-0.3, -0.25) is 9.71 Å². The first-order valence-corrected chi connectivity index (χ1v) is 13.2. The largest absolute Gasteiger partial charge is 0.342 e. The van der Waals surface area contributed by atoms with Gasteiger partial charge in [-0.1, -0.05) is 6.92 Å². The number of hydrogen-bond acceptors (Lipinski definition) is 4. The van der Waals surface area contributed by atoms with Crippen LogP contribution in [0.1, 0.15) is 55.8 Å². The van der Waals surface area contributed by atoms with Crippen LogP contribution in [0.4, 0.5) is 10.1 Å². The molecule has 0 radical (unpaired) electrons. The van der Waals surface area contributed by atoms with E-state index in [-0.39, 0.29) is 11.7 Å². The Bertz CT molecular complexity index is 1430. The smallest absolute Gasteiger partial charge is 0.229 e. The Morgan fingerprint density at radius 2 is 1.82 bits per heavy atom. The fraction of sp³-hybridized carbons (Fsp3) is 0.360. The molecule has 1 aliphatic carbocycles. The maximum absolute atomic E-state index is 13.9. The summed E-state index contributed by atoms with van der Waals surface area (Å²) in [6, 6.07) is 12.2. The lowest BCUT2D eigenvalue weighted by atomic mass is 9.73. The maximum atomic E-state index is 13.9. The van der Waals surface area contributed by atoms with E-state index >= 15 is 0 Å². The minimum Gasteiger partial charge on any atom is -0.342 e. The van der Waals surface area contributed by atoms with E-state index in [0.717, 1.165) is 59.7 Å². The molecule has 2 heterocycles. The van der Waals surface area contributed by atoms with Crippen LogP contribution >= 0.6 is 0 Å². The lowest BCUT2D eigenvalue weighted by Crippen LogP contribution is -2.19. The molecule has 4 aromatic rings. The number of aromatic nitrogens is 3. The van der Waals surface area contributed by atoms with Gasteiger partial charge in [0, 0.05) is 17.5 Å². The van der Waals surface area contributed by atoms with Crippen LogP contribution < -0.4 is 4.72 Å². The lowest BCUT2D eigenvalue weighted by molar-refractivity contribution is 0.286. The molecule has 0 spiro atoms. The Kier molecular flexibility index (Phi) is 5.56. The summed E-state index contributed by atoms with van der Waals surface area (Å²) in [6.07, 6.45) is 7.21. The Hall–Kier alpha value is -3.00. The Labute approximate surface area is 192 Å². The first-order valence-electron chi connectivity index (χ1n) is 11.3. The number of sulfonamides is 1. The van der Waals surface area contributed by atoms with Crippen LogP contribution in [0.25, 0.3) is 21.9 Å². The fourth-order valence-corrected chi connectivity index (χ4v) is 5.73. The van der Waals surface area contributed by atoms with Crippen molar-refractivity contribution in [1.29, 1.82) is 0 Å². The van der Waals surface area contributed by atoms with Crippen molar-refractivity contribution < 1.29 is 12.8 Å². The number of nitrogens with one attached hydrogen (secondary N) is 2. The number of pyridine rings is 1. The van der Waals surface area contributed by atoms with Crippen LogP contribution in [0.2, 0.25) is 0 Å². The van der Waals surface area contributed by atoms with Crippen LogP contribution in [0.15, 0.2) is 48.7 Å². The minimum absolute atomic E-state index is 0.223. The minimum atomic E-state index is -3.33.